The average molecular weight is 349 g/mol. The first-order valence-electron chi connectivity index (χ1n) is 7.36. The molecule has 0 spiro atoms. The van der Waals surface area contributed by atoms with Gasteiger partial charge in [0.1, 0.15) is 0 Å². The van der Waals surface area contributed by atoms with Crippen LogP contribution in [0.5, 0.6) is 0 Å². The Morgan fingerprint density at radius 2 is 2.26 bits per heavy atom. The molecule has 0 saturated carbocycles. The zero-order valence-electron chi connectivity index (χ0n) is 12.5. The van der Waals surface area contributed by atoms with E-state index < -0.39 is 5.60 Å². The van der Waals surface area contributed by atoms with Crippen LogP contribution in [0.1, 0.15) is 12.1 Å². The second-order valence-electron chi connectivity index (χ2n) is 5.65. The number of thioether (sulfide) groups is 1. The minimum absolute atomic E-state index is 0.233. The molecule has 2 N–H and O–H groups in total. The van der Waals surface area contributed by atoms with Gasteiger partial charge in [-0.25, -0.2) is 4.98 Å². The predicted octanol–water partition coefficient (Wildman–Crippen LogP) is 2.89. The number of nitrogens with one attached hydrogen (secondary N) is 1. The van der Waals surface area contributed by atoms with Crippen LogP contribution < -0.4 is 5.32 Å². The lowest BCUT2D eigenvalue weighted by Crippen LogP contribution is -2.42. The van der Waals surface area contributed by atoms with Crippen LogP contribution in [0.2, 0.25) is 5.02 Å². The van der Waals surface area contributed by atoms with Crippen molar-refractivity contribution in [1.29, 1.82) is 0 Å². The van der Waals surface area contributed by atoms with Gasteiger partial charge in [-0.05, 0) is 36.4 Å². The molecule has 1 amide bonds. The monoisotopic (exact) mass is 348 g/mol. The average Bonchev–Trinajstić information content (AvgIpc) is 2.97. The van der Waals surface area contributed by atoms with E-state index in [2.05, 4.69) is 10.3 Å². The van der Waals surface area contributed by atoms with Gasteiger partial charge < -0.3 is 10.4 Å². The van der Waals surface area contributed by atoms with Crippen LogP contribution in [0.3, 0.4) is 0 Å². The van der Waals surface area contributed by atoms with Crippen molar-refractivity contribution in [3.63, 3.8) is 0 Å². The van der Waals surface area contributed by atoms with E-state index >= 15 is 0 Å². The van der Waals surface area contributed by atoms with Gasteiger partial charge in [-0.1, -0.05) is 23.7 Å². The summed E-state index contributed by atoms with van der Waals surface area (Å²) >= 11 is 7.67. The van der Waals surface area contributed by atoms with Crippen LogP contribution in [0, 0.1) is 0 Å². The molecule has 1 aliphatic heterocycles. The lowest BCUT2D eigenvalue weighted by molar-refractivity contribution is -0.117. The van der Waals surface area contributed by atoms with Crippen molar-refractivity contribution in [3.05, 3.63) is 47.1 Å². The molecular weight excluding hydrogens is 332 g/mol. The van der Waals surface area contributed by atoms with Crippen molar-refractivity contribution in [2.24, 2.45) is 0 Å². The summed E-state index contributed by atoms with van der Waals surface area (Å²) in [5.41, 5.74) is 0.703. The quantitative estimate of drug-likeness (QED) is 0.834. The largest absolute Gasteiger partial charge is 0.387 e. The molecule has 4 nitrogen and oxygen atoms in total. The highest BCUT2D eigenvalue weighted by atomic mass is 35.5. The minimum atomic E-state index is -0.772. The number of nitrogens with zero attached hydrogens (tertiary/aromatic N) is 1. The first-order valence-corrected chi connectivity index (χ1v) is 8.90. The van der Waals surface area contributed by atoms with Gasteiger partial charge in [0.15, 0.2) is 0 Å². The summed E-state index contributed by atoms with van der Waals surface area (Å²) in [6.45, 7) is 0.282. The number of benzene rings is 1. The zero-order valence-corrected chi connectivity index (χ0v) is 14.0. The van der Waals surface area contributed by atoms with Crippen LogP contribution in [-0.4, -0.2) is 39.6 Å². The Kier molecular flexibility index (Phi) is 4.90. The molecular formula is C17H17ClN2O2S. The molecule has 120 valence electrons. The van der Waals surface area contributed by atoms with Gasteiger partial charge in [-0.15, -0.1) is 0 Å². The third-order valence-electron chi connectivity index (χ3n) is 3.76. The Labute approximate surface area is 143 Å². The van der Waals surface area contributed by atoms with E-state index in [4.69, 9.17) is 11.6 Å². The molecule has 1 aliphatic rings. The molecule has 23 heavy (non-hydrogen) atoms. The van der Waals surface area contributed by atoms with Crippen molar-refractivity contribution < 1.29 is 9.90 Å². The molecule has 1 saturated heterocycles. The Hall–Kier alpha value is -1.56. The number of halogens is 1. The molecule has 2 aromatic rings. The number of rotatable bonds is 4. The van der Waals surface area contributed by atoms with Crippen molar-refractivity contribution in [2.45, 2.75) is 12.0 Å². The number of hydrogen-bond donors (Lipinski definition) is 2. The van der Waals surface area contributed by atoms with E-state index in [1.807, 2.05) is 24.3 Å². The molecule has 6 heteroatoms. The number of carbonyl (C=O) groups is 1. The molecule has 3 rings (SSSR count). The van der Waals surface area contributed by atoms with E-state index in [9.17, 15) is 9.90 Å². The number of hydrogen-bond acceptors (Lipinski definition) is 4. The molecule has 1 atom stereocenters. The van der Waals surface area contributed by atoms with Crippen LogP contribution in [0.4, 0.5) is 0 Å². The second kappa shape index (κ2) is 6.91. The predicted molar refractivity (Wildman–Crippen MR) is 95.7 cm³/mol. The number of carbonyl (C=O) groups excluding carboxylic acids is 1. The standard InChI is InChI=1S/C17H17ClN2O2S/c18-13-3-1-12-2-4-14(20-15(12)9-13)5-6-16(21)19-10-17(22)7-8-23-11-17/h1-6,9,22H,7-8,10-11H2,(H,19,21). The molecule has 0 bridgehead atoms. The van der Waals surface area contributed by atoms with Gasteiger partial charge >= 0.3 is 0 Å². The van der Waals surface area contributed by atoms with Gasteiger partial charge in [-0.3, -0.25) is 4.79 Å². The van der Waals surface area contributed by atoms with Crippen LogP contribution in [-0.2, 0) is 4.79 Å². The molecule has 1 aromatic heterocycles. The summed E-state index contributed by atoms with van der Waals surface area (Å²) in [6.07, 6.45) is 3.81. The number of aliphatic hydroxyl groups is 1. The molecule has 2 heterocycles. The fraction of sp³-hybridized carbons (Fsp3) is 0.294. The van der Waals surface area contributed by atoms with Crippen LogP contribution in [0.25, 0.3) is 17.0 Å². The van der Waals surface area contributed by atoms with Gasteiger partial charge in [0.2, 0.25) is 5.91 Å². The molecule has 1 aromatic carbocycles. The first kappa shape index (κ1) is 16.3. The van der Waals surface area contributed by atoms with Gasteiger partial charge in [0.25, 0.3) is 0 Å². The number of aromatic nitrogens is 1. The third kappa shape index (κ3) is 4.25. The first-order chi connectivity index (χ1) is 11.0. The SMILES string of the molecule is O=C(C=Cc1ccc2ccc(Cl)cc2n1)NCC1(O)CCSC1. The van der Waals surface area contributed by atoms with E-state index in [1.165, 1.54) is 6.08 Å². The highest BCUT2D eigenvalue weighted by Crippen LogP contribution is 2.26. The molecule has 1 unspecified atom stereocenters. The zero-order chi connectivity index (χ0) is 16.3. The fourth-order valence-corrected chi connectivity index (χ4v) is 3.87. The van der Waals surface area contributed by atoms with Crippen LogP contribution >= 0.6 is 23.4 Å². The van der Waals surface area contributed by atoms with Gasteiger partial charge in [-0.2, -0.15) is 11.8 Å². The summed E-state index contributed by atoms with van der Waals surface area (Å²) in [7, 11) is 0. The van der Waals surface area contributed by atoms with Gasteiger partial charge in [0.05, 0.1) is 16.8 Å². The Balaban J connectivity index is 1.63. The summed E-state index contributed by atoms with van der Waals surface area (Å²) in [4.78, 5) is 16.3. The summed E-state index contributed by atoms with van der Waals surface area (Å²) in [6, 6.07) is 9.31. The Bertz CT molecular complexity index is 757. The molecule has 0 radical (unpaired) electrons. The maximum absolute atomic E-state index is 11.9. The summed E-state index contributed by atoms with van der Waals surface area (Å²) in [5.74, 6) is 1.37. The third-order valence-corrected chi connectivity index (χ3v) is 5.22. The lowest BCUT2D eigenvalue weighted by atomic mass is 10.0. The van der Waals surface area contributed by atoms with Crippen LogP contribution in [0.15, 0.2) is 36.4 Å². The van der Waals surface area contributed by atoms with Crippen molar-refractivity contribution in [1.82, 2.24) is 10.3 Å². The summed E-state index contributed by atoms with van der Waals surface area (Å²) < 4.78 is 0. The van der Waals surface area contributed by atoms with Crippen molar-refractivity contribution in [3.8, 4) is 0 Å². The number of pyridine rings is 1. The lowest BCUT2D eigenvalue weighted by Gasteiger charge is -2.20. The fourth-order valence-electron chi connectivity index (χ4n) is 2.41. The van der Waals surface area contributed by atoms with Crippen molar-refractivity contribution in [2.75, 3.05) is 18.1 Å². The van der Waals surface area contributed by atoms with E-state index in [0.717, 1.165) is 16.7 Å². The Morgan fingerprint density at radius 3 is 3.04 bits per heavy atom. The Morgan fingerprint density at radius 1 is 1.43 bits per heavy atom. The maximum Gasteiger partial charge on any atom is 0.244 e. The highest BCUT2D eigenvalue weighted by molar-refractivity contribution is 7.99. The molecule has 1 fully saturated rings. The smallest absolute Gasteiger partial charge is 0.244 e. The van der Waals surface area contributed by atoms with Gasteiger partial charge in [0, 0.05) is 28.8 Å². The second-order valence-corrected chi connectivity index (χ2v) is 7.19. The van der Waals surface area contributed by atoms with E-state index in [-0.39, 0.29) is 12.5 Å². The van der Waals surface area contributed by atoms with E-state index in [1.54, 1.807) is 23.9 Å². The molecule has 0 aliphatic carbocycles. The topological polar surface area (TPSA) is 62.2 Å². The number of amides is 1. The summed E-state index contributed by atoms with van der Waals surface area (Å²) in [5, 5.41) is 14.6. The highest BCUT2D eigenvalue weighted by Gasteiger charge is 2.31. The van der Waals surface area contributed by atoms with Crippen molar-refractivity contribution >= 4 is 46.2 Å². The van der Waals surface area contributed by atoms with E-state index in [0.29, 0.717) is 22.9 Å². The minimum Gasteiger partial charge on any atom is -0.387 e. The maximum atomic E-state index is 11.9. The normalized spacial score (nSPS) is 21.1. The number of fused-ring (bicyclic) bond motifs is 1.